The number of aromatic nitrogens is 1. The van der Waals surface area contributed by atoms with Crippen molar-refractivity contribution < 1.29 is 9.53 Å². The number of carbonyl (C=O) groups is 1. The zero-order chi connectivity index (χ0) is 23.9. The molecular weight excluding hydrogens is 426 g/mol. The van der Waals surface area contributed by atoms with Crippen molar-refractivity contribution in [2.75, 3.05) is 20.2 Å². The molecule has 2 atom stereocenters. The number of nitrogens with one attached hydrogen (secondary N) is 1. The van der Waals surface area contributed by atoms with Crippen LogP contribution in [0, 0.1) is 22.7 Å². The smallest absolute Gasteiger partial charge is 0.251 e. The molecule has 2 heterocycles. The number of ether oxygens (including phenoxy) is 1. The van der Waals surface area contributed by atoms with Gasteiger partial charge in [-0.1, -0.05) is 18.2 Å². The highest BCUT2D eigenvalue weighted by atomic mass is 16.5. The molecule has 0 spiro atoms. The summed E-state index contributed by atoms with van der Waals surface area (Å²) < 4.78 is 5.18. The highest BCUT2D eigenvalue weighted by molar-refractivity contribution is 5.94. The third-order valence-corrected chi connectivity index (χ3v) is 6.01. The van der Waals surface area contributed by atoms with E-state index in [1.54, 1.807) is 31.4 Å². The maximum absolute atomic E-state index is 12.7. The lowest BCUT2D eigenvalue weighted by molar-refractivity contribution is 0.0937. The Morgan fingerprint density at radius 3 is 2.29 bits per heavy atom. The van der Waals surface area contributed by atoms with Crippen LogP contribution in [0.4, 0.5) is 0 Å². The molecule has 34 heavy (non-hydrogen) atoms. The van der Waals surface area contributed by atoms with Gasteiger partial charge in [0, 0.05) is 38.0 Å². The first-order valence-electron chi connectivity index (χ1n) is 11.1. The Hall–Kier alpha value is -4.04. The zero-order valence-corrected chi connectivity index (χ0v) is 18.9. The Labute approximate surface area is 199 Å². The molecule has 0 bridgehead atoms. The van der Waals surface area contributed by atoms with Crippen molar-refractivity contribution in [3.63, 3.8) is 0 Å². The summed E-state index contributed by atoms with van der Waals surface area (Å²) in [5.41, 5.74) is 4.66. The summed E-state index contributed by atoms with van der Waals surface area (Å²) in [6, 6.07) is 22.5. The van der Waals surface area contributed by atoms with E-state index in [9.17, 15) is 10.1 Å². The number of hydrogen-bond donors (Lipinski definition) is 1. The van der Waals surface area contributed by atoms with Gasteiger partial charge in [-0.15, -0.1) is 0 Å². The van der Waals surface area contributed by atoms with Gasteiger partial charge < -0.3 is 10.1 Å². The van der Waals surface area contributed by atoms with Gasteiger partial charge in [0.05, 0.1) is 41.6 Å². The van der Waals surface area contributed by atoms with E-state index >= 15 is 0 Å². The lowest BCUT2D eigenvalue weighted by Crippen LogP contribution is -2.38. The fraction of sp³-hybridized carbons (Fsp3) is 0.259. The molecular formula is C27H25N5O2. The number of pyridine rings is 1. The number of benzene rings is 2. The topological polar surface area (TPSA) is 102 Å². The van der Waals surface area contributed by atoms with Crippen molar-refractivity contribution in [2.45, 2.75) is 25.1 Å². The van der Waals surface area contributed by atoms with Crippen LogP contribution in [0.2, 0.25) is 0 Å². The highest BCUT2D eigenvalue weighted by Gasteiger charge is 2.31. The monoisotopic (exact) mass is 451 g/mol. The maximum atomic E-state index is 12.7. The van der Waals surface area contributed by atoms with Gasteiger partial charge >= 0.3 is 0 Å². The van der Waals surface area contributed by atoms with Gasteiger partial charge in [-0.25, -0.2) is 0 Å². The summed E-state index contributed by atoms with van der Waals surface area (Å²) in [4.78, 5) is 19.6. The van der Waals surface area contributed by atoms with Gasteiger partial charge in [0.1, 0.15) is 0 Å². The molecule has 0 saturated carbocycles. The lowest BCUT2D eigenvalue weighted by Gasteiger charge is -2.29. The average molecular weight is 452 g/mol. The van der Waals surface area contributed by atoms with Crippen molar-refractivity contribution in [3.8, 4) is 12.1 Å². The molecule has 1 N–H and O–H groups in total. The fourth-order valence-corrected chi connectivity index (χ4v) is 4.29. The van der Waals surface area contributed by atoms with Crippen LogP contribution in [-0.4, -0.2) is 42.0 Å². The Bertz CT molecular complexity index is 1210. The van der Waals surface area contributed by atoms with Gasteiger partial charge in [-0.2, -0.15) is 10.5 Å². The number of methoxy groups -OCH3 is 1. The number of nitriles is 2. The molecule has 1 aromatic heterocycles. The fourth-order valence-electron chi connectivity index (χ4n) is 4.29. The van der Waals surface area contributed by atoms with Crippen molar-refractivity contribution in [1.82, 2.24) is 15.2 Å². The summed E-state index contributed by atoms with van der Waals surface area (Å²) in [5, 5.41) is 21.3. The Morgan fingerprint density at radius 1 is 1.06 bits per heavy atom. The van der Waals surface area contributed by atoms with E-state index in [0.717, 1.165) is 29.8 Å². The molecule has 0 aliphatic carbocycles. The molecule has 170 valence electrons. The summed E-state index contributed by atoms with van der Waals surface area (Å²) >= 11 is 0. The number of carbonyl (C=O) groups excluding carboxylic acids is 1. The number of hydrogen-bond acceptors (Lipinski definition) is 6. The van der Waals surface area contributed by atoms with Crippen LogP contribution in [0.5, 0.6) is 0 Å². The molecule has 1 saturated heterocycles. The van der Waals surface area contributed by atoms with Crippen LogP contribution in [-0.2, 0) is 11.3 Å². The van der Waals surface area contributed by atoms with E-state index in [4.69, 9.17) is 10.00 Å². The zero-order valence-electron chi connectivity index (χ0n) is 18.9. The number of amides is 1. The van der Waals surface area contributed by atoms with Gasteiger partial charge in [-0.05, 0) is 60.0 Å². The maximum Gasteiger partial charge on any atom is 0.251 e. The predicted molar refractivity (Wildman–Crippen MR) is 127 cm³/mol. The molecule has 0 radical (unpaired) electrons. The molecule has 7 heteroatoms. The molecule has 4 rings (SSSR count). The first kappa shape index (κ1) is 23.1. The standard InChI is InChI=1S/C27H25N5O2/c1-34-18-25-11-10-23(16-30-25)26(21-6-2-19(14-28)3-7-21)32-13-12-24(17-32)31-27(33)22-8-4-20(15-29)5-9-22/h2-11,16,24,26H,12-13,17-18H2,1H3,(H,31,33). The van der Waals surface area contributed by atoms with Crippen LogP contribution in [0.25, 0.3) is 0 Å². The third kappa shape index (κ3) is 5.29. The van der Waals surface area contributed by atoms with Crippen LogP contribution in [0.15, 0.2) is 66.9 Å². The molecule has 2 aromatic carbocycles. The van der Waals surface area contributed by atoms with Crippen LogP contribution < -0.4 is 5.32 Å². The summed E-state index contributed by atoms with van der Waals surface area (Å²) in [7, 11) is 1.64. The first-order valence-corrected chi connectivity index (χ1v) is 11.1. The van der Waals surface area contributed by atoms with Crippen molar-refractivity contribution in [2.24, 2.45) is 0 Å². The minimum Gasteiger partial charge on any atom is -0.378 e. The minimum absolute atomic E-state index is 0.00440. The number of rotatable bonds is 7. The van der Waals surface area contributed by atoms with E-state index in [1.807, 2.05) is 36.5 Å². The highest BCUT2D eigenvalue weighted by Crippen LogP contribution is 2.32. The van der Waals surface area contributed by atoms with Crippen LogP contribution in [0.3, 0.4) is 0 Å². The van der Waals surface area contributed by atoms with E-state index in [0.29, 0.717) is 29.8 Å². The van der Waals surface area contributed by atoms with Crippen LogP contribution in [0.1, 0.15) is 50.8 Å². The Morgan fingerprint density at radius 2 is 1.71 bits per heavy atom. The molecule has 1 aliphatic rings. The van der Waals surface area contributed by atoms with E-state index in [1.165, 1.54) is 0 Å². The molecule has 3 aromatic rings. The second kappa shape index (κ2) is 10.7. The normalized spacial score (nSPS) is 16.4. The second-order valence-electron chi connectivity index (χ2n) is 8.30. The van der Waals surface area contributed by atoms with E-state index in [2.05, 4.69) is 33.4 Å². The predicted octanol–water partition coefficient (Wildman–Crippen LogP) is 3.57. The molecule has 1 aliphatic heterocycles. The summed E-state index contributed by atoms with van der Waals surface area (Å²) in [6.45, 7) is 1.95. The van der Waals surface area contributed by atoms with E-state index < -0.39 is 0 Å². The largest absolute Gasteiger partial charge is 0.378 e. The van der Waals surface area contributed by atoms with E-state index in [-0.39, 0.29) is 18.0 Å². The van der Waals surface area contributed by atoms with Crippen molar-refractivity contribution >= 4 is 5.91 Å². The lowest BCUT2D eigenvalue weighted by atomic mass is 9.97. The SMILES string of the molecule is COCc1ccc(C(c2ccc(C#N)cc2)N2CCC(NC(=O)c3ccc(C#N)cc3)C2)cn1. The summed E-state index contributed by atoms with van der Waals surface area (Å²) in [6.07, 6.45) is 2.70. The molecule has 7 nitrogen and oxygen atoms in total. The number of nitrogens with zero attached hydrogens (tertiary/aromatic N) is 4. The quantitative estimate of drug-likeness (QED) is 0.589. The van der Waals surface area contributed by atoms with Crippen molar-refractivity contribution in [1.29, 1.82) is 10.5 Å². The van der Waals surface area contributed by atoms with Crippen molar-refractivity contribution in [3.05, 3.63) is 100 Å². The minimum atomic E-state index is -0.142. The Balaban J connectivity index is 1.52. The van der Waals surface area contributed by atoms with Gasteiger partial charge in [0.2, 0.25) is 0 Å². The van der Waals surface area contributed by atoms with Gasteiger partial charge in [-0.3, -0.25) is 14.7 Å². The van der Waals surface area contributed by atoms with Crippen LogP contribution >= 0.6 is 0 Å². The molecule has 2 unspecified atom stereocenters. The molecule has 1 amide bonds. The first-order chi connectivity index (χ1) is 16.6. The van der Waals surface area contributed by atoms with Gasteiger partial charge in [0.25, 0.3) is 5.91 Å². The summed E-state index contributed by atoms with van der Waals surface area (Å²) in [5.74, 6) is -0.142. The Kier molecular flexibility index (Phi) is 7.29. The average Bonchev–Trinajstić information content (AvgIpc) is 3.33. The number of likely N-dealkylation sites (tertiary alicyclic amines) is 1. The molecule has 1 fully saturated rings. The third-order valence-electron chi connectivity index (χ3n) is 6.01. The van der Waals surface area contributed by atoms with Gasteiger partial charge in [0.15, 0.2) is 0 Å². The second-order valence-corrected chi connectivity index (χ2v) is 8.30.